The van der Waals surface area contributed by atoms with Crippen molar-refractivity contribution >= 4 is 45.6 Å². The van der Waals surface area contributed by atoms with Crippen molar-refractivity contribution in [2.24, 2.45) is 0 Å². The molecule has 34 heavy (non-hydrogen) atoms. The minimum atomic E-state index is -1.24. The molecular weight excluding hydrogens is 472 g/mol. The molecule has 0 bridgehead atoms. The molecule has 1 fully saturated rings. The summed E-state index contributed by atoms with van der Waals surface area (Å²) in [5.74, 6) is -1.20. The first-order valence-corrected chi connectivity index (χ1v) is 12.1. The minimum Gasteiger partial charge on any atom is -0.486 e. The summed E-state index contributed by atoms with van der Waals surface area (Å²) in [4.78, 5) is 29.7. The molecule has 2 N–H and O–H groups in total. The number of halogens is 1. The molecule has 5 rings (SSSR count). The molecular formula is C26H21ClN2O4S. The summed E-state index contributed by atoms with van der Waals surface area (Å²) >= 11 is 8.00. The maximum atomic E-state index is 13.2. The van der Waals surface area contributed by atoms with Crippen LogP contribution in [0.4, 0.5) is 0 Å². The van der Waals surface area contributed by atoms with Crippen LogP contribution in [0.25, 0.3) is 21.3 Å². The molecule has 1 aliphatic carbocycles. The summed E-state index contributed by atoms with van der Waals surface area (Å²) in [5, 5.41) is 17.0. The Morgan fingerprint density at radius 1 is 1.09 bits per heavy atom. The fraction of sp³-hybridized carbons (Fsp3) is 0.192. The third kappa shape index (κ3) is 4.13. The second kappa shape index (κ2) is 9.08. The number of carboxylic acid groups (broad SMARTS) is 1. The van der Waals surface area contributed by atoms with E-state index in [2.05, 4.69) is 10.3 Å². The van der Waals surface area contributed by atoms with Gasteiger partial charge in [0.25, 0.3) is 5.91 Å². The number of aliphatic carboxylic acids is 1. The van der Waals surface area contributed by atoms with E-state index in [-0.39, 0.29) is 12.2 Å². The van der Waals surface area contributed by atoms with Gasteiger partial charge in [-0.15, -0.1) is 11.3 Å². The molecule has 0 aliphatic heterocycles. The van der Waals surface area contributed by atoms with E-state index in [1.54, 1.807) is 6.07 Å². The van der Waals surface area contributed by atoms with Gasteiger partial charge < -0.3 is 15.2 Å². The second-order valence-electron chi connectivity index (χ2n) is 8.27. The SMILES string of the molecule is O=C(NC1(C(=O)O)CCC1)c1cc(Cl)c2ccccc2c1OCc1csc(-c2ccccc2)n1. The van der Waals surface area contributed by atoms with E-state index in [9.17, 15) is 14.7 Å². The zero-order valence-corrected chi connectivity index (χ0v) is 19.7. The molecule has 0 radical (unpaired) electrons. The predicted molar refractivity (Wildman–Crippen MR) is 133 cm³/mol. The van der Waals surface area contributed by atoms with Gasteiger partial charge in [0.05, 0.1) is 11.3 Å². The number of hydrogen-bond donors (Lipinski definition) is 2. The molecule has 1 amide bonds. The number of carbonyl (C=O) groups is 2. The Morgan fingerprint density at radius 2 is 1.79 bits per heavy atom. The zero-order valence-electron chi connectivity index (χ0n) is 18.1. The average molecular weight is 493 g/mol. The topological polar surface area (TPSA) is 88.5 Å². The maximum absolute atomic E-state index is 13.2. The number of carbonyl (C=O) groups excluding carboxylic acids is 1. The van der Waals surface area contributed by atoms with Gasteiger partial charge >= 0.3 is 5.97 Å². The maximum Gasteiger partial charge on any atom is 0.329 e. The Bertz CT molecular complexity index is 1380. The second-order valence-corrected chi connectivity index (χ2v) is 9.54. The third-order valence-electron chi connectivity index (χ3n) is 6.10. The van der Waals surface area contributed by atoms with Gasteiger partial charge in [-0.2, -0.15) is 0 Å². The van der Waals surface area contributed by atoms with Gasteiger partial charge in [0, 0.05) is 26.7 Å². The van der Waals surface area contributed by atoms with Crippen LogP contribution in [-0.4, -0.2) is 27.5 Å². The number of carboxylic acids is 1. The number of amides is 1. The number of thiazole rings is 1. The Kier molecular flexibility index (Phi) is 5.98. The highest BCUT2D eigenvalue weighted by Crippen LogP contribution is 2.38. The van der Waals surface area contributed by atoms with E-state index in [0.717, 1.165) is 28.1 Å². The summed E-state index contributed by atoms with van der Waals surface area (Å²) in [6.45, 7) is 0.152. The molecule has 1 aliphatic rings. The van der Waals surface area contributed by atoms with Gasteiger partial charge in [-0.1, -0.05) is 66.2 Å². The Morgan fingerprint density at radius 3 is 2.47 bits per heavy atom. The molecule has 0 spiro atoms. The van der Waals surface area contributed by atoms with Crippen LogP contribution in [0.15, 0.2) is 66.0 Å². The largest absolute Gasteiger partial charge is 0.486 e. The molecule has 172 valence electrons. The molecule has 1 saturated carbocycles. The van der Waals surface area contributed by atoms with Crippen molar-refractivity contribution in [1.82, 2.24) is 10.3 Å². The molecule has 0 saturated heterocycles. The summed E-state index contributed by atoms with van der Waals surface area (Å²) in [5.41, 5.74) is 0.714. The molecule has 0 atom stereocenters. The Hall–Kier alpha value is -3.42. The van der Waals surface area contributed by atoms with Gasteiger partial charge in [-0.25, -0.2) is 9.78 Å². The summed E-state index contributed by atoms with van der Waals surface area (Å²) in [6, 6.07) is 18.8. The standard InChI is InChI=1S/C26H21ClN2O4S/c27-21-13-20(23(30)29-26(25(31)32)11-6-12-26)22(19-10-5-4-9-18(19)21)33-14-17-15-34-24(28-17)16-7-2-1-3-8-16/h1-5,7-10,13,15H,6,11-12,14H2,(H,29,30)(H,31,32). The van der Waals surface area contributed by atoms with Gasteiger partial charge in [0.2, 0.25) is 0 Å². The van der Waals surface area contributed by atoms with Crippen LogP contribution >= 0.6 is 22.9 Å². The van der Waals surface area contributed by atoms with E-state index in [0.29, 0.717) is 29.0 Å². The fourth-order valence-corrected chi connectivity index (χ4v) is 5.15. The van der Waals surface area contributed by atoms with E-state index in [4.69, 9.17) is 16.3 Å². The number of nitrogens with one attached hydrogen (secondary N) is 1. The predicted octanol–water partition coefficient (Wildman–Crippen LogP) is 5.93. The quantitative estimate of drug-likeness (QED) is 0.333. The smallest absolute Gasteiger partial charge is 0.329 e. The molecule has 1 aromatic heterocycles. The van der Waals surface area contributed by atoms with E-state index < -0.39 is 17.4 Å². The summed E-state index contributed by atoms with van der Waals surface area (Å²) < 4.78 is 6.17. The van der Waals surface area contributed by atoms with Gasteiger partial charge in [-0.05, 0) is 25.3 Å². The lowest BCUT2D eigenvalue weighted by Crippen LogP contribution is -2.59. The minimum absolute atomic E-state index is 0.152. The van der Waals surface area contributed by atoms with E-state index >= 15 is 0 Å². The lowest BCUT2D eigenvalue weighted by Gasteiger charge is -2.38. The van der Waals surface area contributed by atoms with Crippen LogP contribution in [0, 0.1) is 0 Å². The van der Waals surface area contributed by atoms with Crippen molar-refractivity contribution in [1.29, 1.82) is 0 Å². The molecule has 3 aromatic carbocycles. The third-order valence-corrected chi connectivity index (χ3v) is 7.35. The number of fused-ring (bicyclic) bond motifs is 1. The Balaban J connectivity index is 1.47. The molecule has 1 heterocycles. The number of aromatic nitrogens is 1. The van der Waals surface area contributed by atoms with Gasteiger partial charge in [0.1, 0.15) is 22.9 Å². The monoisotopic (exact) mass is 492 g/mol. The average Bonchev–Trinajstić information content (AvgIpc) is 3.30. The number of nitrogens with zero attached hydrogens (tertiary/aromatic N) is 1. The first-order chi connectivity index (χ1) is 16.5. The lowest BCUT2D eigenvalue weighted by molar-refractivity contribution is -0.148. The van der Waals surface area contributed by atoms with Crippen LogP contribution in [0.2, 0.25) is 5.02 Å². The van der Waals surface area contributed by atoms with Crippen molar-refractivity contribution in [3.63, 3.8) is 0 Å². The van der Waals surface area contributed by atoms with Crippen molar-refractivity contribution in [2.75, 3.05) is 0 Å². The Labute approximate surface area is 205 Å². The first-order valence-electron chi connectivity index (χ1n) is 10.9. The number of ether oxygens (including phenoxy) is 1. The van der Waals surface area contributed by atoms with Crippen molar-refractivity contribution in [3.8, 4) is 16.3 Å². The van der Waals surface area contributed by atoms with Crippen molar-refractivity contribution < 1.29 is 19.4 Å². The van der Waals surface area contributed by atoms with Crippen LogP contribution in [0.1, 0.15) is 35.3 Å². The van der Waals surface area contributed by atoms with Gasteiger partial charge in [0.15, 0.2) is 0 Å². The summed E-state index contributed by atoms with van der Waals surface area (Å²) in [7, 11) is 0. The van der Waals surface area contributed by atoms with Gasteiger partial charge in [-0.3, -0.25) is 4.79 Å². The van der Waals surface area contributed by atoms with Crippen molar-refractivity contribution in [2.45, 2.75) is 31.4 Å². The molecule has 0 unspecified atom stereocenters. The molecule has 6 nitrogen and oxygen atoms in total. The number of hydrogen-bond acceptors (Lipinski definition) is 5. The first kappa shape index (κ1) is 22.4. The zero-order chi connectivity index (χ0) is 23.7. The van der Waals surface area contributed by atoms with Crippen LogP contribution in [-0.2, 0) is 11.4 Å². The van der Waals surface area contributed by atoms with Crippen molar-refractivity contribution in [3.05, 3.63) is 82.3 Å². The number of benzene rings is 3. The number of rotatable bonds is 7. The van der Waals surface area contributed by atoms with E-state index in [1.807, 2.05) is 60.0 Å². The van der Waals surface area contributed by atoms with E-state index in [1.165, 1.54) is 11.3 Å². The van der Waals surface area contributed by atoms with Crippen LogP contribution < -0.4 is 10.1 Å². The van der Waals surface area contributed by atoms with Crippen LogP contribution in [0.5, 0.6) is 5.75 Å². The molecule has 4 aromatic rings. The summed E-state index contributed by atoms with van der Waals surface area (Å²) in [6.07, 6.45) is 1.54. The van der Waals surface area contributed by atoms with Crippen LogP contribution in [0.3, 0.4) is 0 Å². The normalized spacial score (nSPS) is 14.4. The highest BCUT2D eigenvalue weighted by atomic mass is 35.5. The lowest BCUT2D eigenvalue weighted by atomic mass is 9.76. The fourth-order valence-electron chi connectivity index (χ4n) is 4.07. The highest BCUT2D eigenvalue weighted by molar-refractivity contribution is 7.13. The molecule has 8 heteroatoms. The highest BCUT2D eigenvalue weighted by Gasteiger charge is 2.46.